The van der Waals surface area contributed by atoms with Crippen molar-refractivity contribution in [2.24, 2.45) is 0 Å². The number of carbonyl (C=O) groups is 1. The third-order valence-electron chi connectivity index (χ3n) is 3.56. The zero-order valence-electron chi connectivity index (χ0n) is 15.7. The lowest BCUT2D eigenvalue weighted by Gasteiger charge is -2.16. The standard InChI is InChI=1S/C17H19F5N4O2S/c1-8-12(29-15(26-8)14(27)25-6-16(2,3)28)10-5-23-11(4-9(10)13(18)19)24-7-17(20,21)22/h4-5,13,28H,6-7H2,1-3H3,(H,23,24)(H,25,27). The molecule has 0 spiro atoms. The summed E-state index contributed by atoms with van der Waals surface area (Å²) in [5.41, 5.74) is -1.39. The van der Waals surface area contributed by atoms with Crippen molar-refractivity contribution in [2.45, 2.75) is 39.0 Å². The monoisotopic (exact) mass is 438 g/mol. The Morgan fingerprint density at radius 2 is 1.93 bits per heavy atom. The predicted molar refractivity (Wildman–Crippen MR) is 98.2 cm³/mol. The Labute approximate surface area is 167 Å². The zero-order valence-corrected chi connectivity index (χ0v) is 16.5. The Morgan fingerprint density at radius 3 is 2.48 bits per heavy atom. The van der Waals surface area contributed by atoms with Crippen molar-refractivity contribution in [3.8, 4) is 10.4 Å². The van der Waals surface area contributed by atoms with Gasteiger partial charge in [-0.1, -0.05) is 0 Å². The van der Waals surface area contributed by atoms with Crippen molar-refractivity contribution in [1.82, 2.24) is 15.3 Å². The van der Waals surface area contributed by atoms with E-state index in [9.17, 15) is 31.9 Å². The minimum Gasteiger partial charge on any atom is -0.389 e. The average Bonchev–Trinajstić information content (AvgIpc) is 2.98. The molecule has 12 heteroatoms. The molecule has 29 heavy (non-hydrogen) atoms. The summed E-state index contributed by atoms with van der Waals surface area (Å²) < 4.78 is 64.0. The normalized spacial score (nSPS) is 12.3. The maximum Gasteiger partial charge on any atom is 0.405 e. The molecule has 0 saturated heterocycles. The molecule has 0 aliphatic carbocycles. The van der Waals surface area contributed by atoms with Gasteiger partial charge in [-0.05, 0) is 26.8 Å². The Morgan fingerprint density at radius 1 is 1.28 bits per heavy atom. The van der Waals surface area contributed by atoms with Crippen LogP contribution in [0.5, 0.6) is 0 Å². The van der Waals surface area contributed by atoms with Crippen molar-refractivity contribution < 1.29 is 31.9 Å². The molecule has 2 rings (SSSR count). The smallest absolute Gasteiger partial charge is 0.389 e. The summed E-state index contributed by atoms with van der Waals surface area (Å²) in [5, 5.41) is 14.1. The fourth-order valence-electron chi connectivity index (χ4n) is 2.24. The lowest BCUT2D eigenvalue weighted by molar-refractivity contribution is -0.115. The highest BCUT2D eigenvalue weighted by molar-refractivity contribution is 7.17. The van der Waals surface area contributed by atoms with Gasteiger partial charge in [-0.15, -0.1) is 11.3 Å². The maximum absolute atomic E-state index is 13.5. The number of rotatable bonds is 7. The number of hydrogen-bond donors (Lipinski definition) is 3. The average molecular weight is 438 g/mol. The molecule has 160 valence electrons. The van der Waals surface area contributed by atoms with E-state index in [1.807, 2.05) is 5.32 Å². The van der Waals surface area contributed by atoms with Crippen LogP contribution in [0.25, 0.3) is 10.4 Å². The van der Waals surface area contributed by atoms with Gasteiger partial charge in [0, 0.05) is 23.9 Å². The number of halogens is 5. The number of aromatic nitrogens is 2. The van der Waals surface area contributed by atoms with Crippen LogP contribution in [0.2, 0.25) is 0 Å². The molecule has 0 aliphatic heterocycles. The molecule has 0 aliphatic rings. The fraction of sp³-hybridized carbons (Fsp3) is 0.471. The third-order valence-corrected chi connectivity index (χ3v) is 4.75. The van der Waals surface area contributed by atoms with Crippen molar-refractivity contribution in [2.75, 3.05) is 18.4 Å². The molecule has 2 heterocycles. The summed E-state index contributed by atoms with van der Waals surface area (Å²) >= 11 is 0.848. The molecule has 2 aromatic heterocycles. The van der Waals surface area contributed by atoms with Crippen molar-refractivity contribution in [3.63, 3.8) is 0 Å². The number of anilines is 1. The van der Waals surface area contributed by atoms with Gasteiger partial charge in [0.15, 0.2) is 5.01 Å². The Bertz CT molecular complexity index is 878. The highest BCUT2D eigenvalue weighted by atomic mass is 32.1. The number of pyridine rings is 1. The molecular formula is C17H19F5N4O2S. The zero-order chi connectivity index (χ0) is 22.0. The molecule has 6 nitrogen and oxygen atoms in total. The van der Waals surface area contributed by atoms with Crippen LogP contribution < -0.4 is 10.6 Å². The van der Waals surface area contributed by atoms with Crippen LogP contribution >= 0.6 is 11.3 Å². The van der Waals surface area contributed by atoms with E-state index < -0.39 is 36.2 Å². The summed E-state index contributed by atoms with van der Waals surface area (Å²) in [5.74, 6) is -0.923. The van der Waals surface area contributed by atoms with Crippen LogP contribution in [0, 0.1) is 6.92 Å². The number of aliphatic hydroxyl groups is 1. The van der Waals surface area contributed by atoms with E-state index in [1.54, 1.807) is 0 Å². The van der Waals surface area contributed by atoms with Crippen molar-refractivity contribution >= 4 is 23.1 Å². The van der Waals surface area contributed by atoms with Gasteiger partial charge in [-0.25, -0.2) is 18.7 Å². The van der Waals surface area contributed by atoms with Crippen LogP contribution in [0.1, 0.15) is 41.3 Å². The van der Waals surface area contributed by atoms with E-state index in [4.69, 9.17) is 0 Å². The summed E-state index contributed by atoms with van der Waals surface area (Å²) in [6, 6.07) is 0.846. The maximum atomic E-state index is 13.5. The quantitative estimate of drug-likeness (QED) is 0.571. The lowest BCUT2D eigenvalue weighted by atomic mass is 10.1. The van der Waals surface area contributed by atoms with E-state index in [0.717, 1.165) is 23.6 Å². The molecule has 0 unspecified atom stereocenters. The minimum atomic E-state index is -4.52. The minimum absolute atomic E-state index is 0.00115. The number of thiazole rings is 1. The molecule has 0 aromatic carbocycles. The van der Waals surface area contributed by atoms with Crippen molar-refractivity contribution in [1.29, 1.82) is 0 Å². The molecule has 0 radical (unpaired) electrons. The first-order valence-electron chi connectivity index (χ1n) is 8.34. The number of hydrogen-bond acceptors (Lipinski definition) is 6. The first-order valence-corrected chi connectivity index (χ1v) is 9.15. The van der Waals surface area contributed by atoms with E-state index in [0.29, 0.717) is 5.69 Å². The van der Waals surface area contributed by atoms with Crippen LogP contribution in [0.4, 0.5) is 27.8 Å². The van der Waals surface area contributed by atoms with Gasteiger partial charge < -0.3 is 15.7 Å². The van der Waals surface area contributed by atoms with Crippen LogP contribution in [0.3, 0.4) is 0 Å². The van der Waals surface area contributed by atoms with E-state index in [-0.39, 0.29) is 27.8 Å². The first kappa shape index (κ1) is 22.9. The second-order valence-corrected chi connectivity index (χ2v) is 7.85. The topological polar surface area (TPSA) is 87.1 Å². The Kier molecular flexibility index (Phi) is 6.78. The Hall–Kier alpha value is -2.34. The largest absolute Gasteiger partial charge is 0.405 e. The lowest BCUT2D eigenvalue weighted by Crippen LogP contribution is -2.38. The number of alkyl halides is 5. The third kappa shape index (κ3) is 6.60. The summed E-state index contributed by atoms with van der Waals surface area (Å²) in [6.45, 7) is 3.07. The van der Waals surface area contributed by atoms with Gasteiger partial charge in [-0.2, -0.15) is 13.2 Å². The van der Waals surface area contributed by atoms with Gasteiger partial charge in [-0.3, -0.25) is 4.79 Å². The van der Waals surface area contributed by atoms with Gasteiger partial charge in [0.05, 0.1) is 16.2 Å². The number of aryl methyl sites for hydroxylation is 1. The predicted octanol–water partition coefficient (Wildman–Crippen LogP) is 3.93. The van der Waals surface area contributed by atoms with Gasteiger partial charge in [0.25, 0.3) is 12.3 Å². The number of nitrogens with zero attached hydrogens (tertiary/aromatic N) is 2. The molecule has 0 atom stereocenters. The molecule has 3 N–H and O–H groups in total. The summed E-state index contributed by atoms with van der Waals surface area (Å²) in [6.07, 6.45) is -6.47. The van der Waals surface area contributed by atoms with E-state index in [2.05, 4.69) is 15.3 Å². The van der Waals surface area contributed by atoms with E-state index in [1.165, 1.54) is 20.8 Å². The highest BCUT2D eigenvalue weighted by Crippen LogP contribution is 2.37. The first-order chi connectivity index (χ1) is 13.3. The summed E-state index contributed by atoms with van der Waals surface area (Å²) in [7, 11) is 0. The van der Waals surface area contributed by atoms with Crippen LogP contribution in [-0.4, -0.2) is 45.8 Å². The molecule has 1 amide bonds. The van der Waals surface area contributed by atoms with Crippen LogP contribution in [-0.2, 0) is 0 Å². The molecular weight excluding hydrogens is 419 g/mol. The van der Waals surface area contributed by atoms with Crippen LogP contribution in [0.15, 0.2) is 12.3 Å². The van der Waals surface area contributed by atoms with E-state index >= 15 is 0 Å². The SMILES string of the molecule is Cc1nc(C(=O)NCC(C)(C)O)sc1-c1cnc(NCC(F)(F)F)cc1C(F)F. The molecule has 0 saturated carbocycles. The number of carbonyl (C=O) groups excluding carboxylic acids is 1. The van der Waals surface area contributed by atoms with Gasteiger partial charge in [0.2, 0.25) is 0 Å². The number of nitrogens with one attached hydrogen (secondary N) is 2. The second kappa shape index (κ2) is 8.57. The molecule has 2 aromatic rings. The molecule has 0 bridgehead atoms. The van der Waals surface area contributed by atoms with Gasteiger partial charge in [0.1, 0.15) is 12.4 Å². The molecule has 0 fully saturated rings. The Balaban J connectivity index is 2.31. The summed E-state index contributed by atoms with van der Waals surface area (Å²) in [4.78, 5) is 20.3. The second-order valence-electron chi connectivity index (χ2n) is 6.85. The fourth-order valence-corrected chi connectivity index (χ4v) is 3.26. The van der Waals surface area contributed by atoms with Gasteiger partial charge >= 0.3 is 6.18 Å². The number of amides is 1. The highest BCUT2D eigenvalue weighted by Gasteiger charge is 2.28. The van der Waals surface area contributed by atoms with Crippen molar-refractivity contribution in [3.05, 3.63) is 28.5 Å².